The van der Waals surface area contributed by atoms with Crippen LogP contribution in [0.3, 0.4) is 0 Å². The first-order chi connectivity index (χ1) is 12.9. The van der Waals surface area contributed by atoms with Crippen molar-refractivity contribution < 1.29 is 24.0 Å². The van der Waals surface area contributed by atoms with Gasteiger partial charge in [-0.1, -0.05) is 0 Å². The standard InChI is InChI=1S/C20H31N3O4/c1-6-22(12-19(24)21-14(2)3)13-20(25)23-8-7-15-9-17(26-4)18(27-5)10-16(15)11-23/h9-10,14H,6-8,11-13H2,1-5H3,(H,21,24)/p+1. The summed E-state index contributed by atoms with van der Waals surface area (Å²) in [6.07, 6.45) is 0.788. The van der Waals surface area contributed by atoms with E-state index in [-0.39, 0.29) is 17.9 Å². The first kappa shape index (κ1) is 21.0. The number of fused-ring (bicyclic) bond motifs is 1. The second kappa shape index (κ2) is 9.60. The van der Waals surface area contributed by atoms with Crippen LogP contribution in [0.4, 0.5) is 0 Å². The quantitative estimate of drug-likeness (QED) is 0.669. The van der Waals surface area contributed by atoms with Crippen molar-refractivity contribution in [3.05, 3.63) is 23.3 Å². The average molecular weight is 378 g/mol. The Balaban J connectivity index is 2.01. The molecular weight excluding hydrogens is 346 g/mol. The molecule has 0 saturated heterocycles. The molecule has 0 aromatic heterocycles. The summed E-state index contributed by atoms with van der Waals surface area (Å²) >= 11 is 0. The summed E-state index contributed by atoms with van der Waals surface area (Å²) in [5.74, 6) is 1.45. The molecular formula is C20H32N3O4+. The number of rotatable bonds is 8. The Hall–Kier alpha value is -2.28. The van der Waals surface area contributed by atoms with Crippen molar-refractivity contribution in [3.63, 3.8) is 0 Å². The van der Waals surface area contributed by atoms with Crippen LogP contribution in [-0.2, 0) is 22.6 Å². The molecule has 1 atom stereocenters. The van der Waals surface area contributed by atoms with E-state index in [0.29, 0.717) is 37.7 Å². The number of benzene rings is 1. The van der Waals surface area contributed by atoms with E-state index < -0.39 is 0 Å². The lowest BCUT2D eigenvalue weighted by Gasteiger charge is -2.30. The lowest BCUT2D eigenvalue weighted by atomic mass is 9.98. The fraction of sp³-hybridized carbons (Fsp3) is 0.600. The fourth-order valence-corrected chi connectivity index (χ4v) is 3.33. The third-order valence-electron chi connectivity index (χ3n) is 4.83. The number of nitrogens with zero attached hydrogens (tertiary/aromatic N) is 1. The lowest BCUT2D eigenvalue weighted by Crippen LogP contribution is -3.14. The van der Waals surface area contributed by atoms with Gasteiger partial charge in [0.1, 0.15) is 0 Å². The Morgan fingerprint density at radius 3 is 2.33 bits per heavy atom. The largest absolute Gasteiger partial charge is 0.493 e. The van der Waals surface area contributed by atoms with Gasteiger partial charge < -0.3 is 24.6 Å². The number of ether oxygens (including phenoxy) is 2. The second-order valence-corrected chi connectivity index (χ2v) is 7.22. The summed E-state index contributed by atoms with van der Waals surface area (Å²) in [7, 11) is 3.24. The normalized spacial score (nSPS) is 14.5. The molecule has 1 unspecified atom stereocenters. The van der Waals surface area contributed by atoms with Crippen LogP contribution >= 0.6 is 0 Å². The maximum atomic E-state index is 12.8. The molecule has 0 bridgehead atoms. The van der Waals surface area contributed by atoms with Crippen LogP contribution in [-0.4, -0.2) is 63.2 Å². The molecule has 0 aliphatic carbocycles. The van der Waals surface area contributed by atoms with Crippen molar-refractivity contribution in [1.29, 1.82) is 0 Å². The number of methoxy groups -OCH3 is 2. The minimum absolute atomic E-state index is 0.0181. The van der Waals surface area contributed by atoms with Crippen LogP contribution < -0.4 is 19.7 Å². The van der Waals surface area contributed by atoms with Crippen LogP contribution in [0.15, 0.2) is 12.1 Å². The minimum atomic E-state index is -0.0181. The number of quaternary nitrogens is 1. The van der Waals surface area contributed by atoms with Crippen molar-refractivity contribution in [3.8, 4) is 11.5 Å². The Morgan fingerprint density at radius 2 is 1.78 bits per heavy atom. The maximum absolute atomic E-state index is 12.8. The van der Waals surface area contributed by atoms with Crippen molar-refractivity contribution in [2.24, 2.45) is 0 Å². The Kier molecular flexibility index (Phi) is 7.47. The van der Waals surface area contributed by atoms with Gasteiger partial charge in [0.15, 0.2) is 24.6 Å². The Bertz CT molecular complexity index is 675. The van der Waals surface area contributed by atoms with Gasteiger partial charge in [-0.3, -0.25) is 9.59 Å². The van der Waals surface area contributed by atoms with Crippen LogP contribution in [0, 0.1) is 0 Å². The molecule has 2 N–H and O–H groups in total. The summed E-state index contributed by atoms with van der Waals surface area (Å²) in [4.78, 5) is 27.6. The van der Waals surface area contributed by atoms with Crippen molar-refractivity contribution in [2.75, 3.05) is 40.4 Å². The SMILES string of the molecule is CC[NH+](CC(=O)NC(C)C)CC(=O)N1CCc2cc(OC)c(OC)cc2C1. The number of nitrogens with one attached hydrogen (secondary N) is 2. The number of amides is 2. The number of hydrogen-bond donors (Lipinski definition) is 2. The number of carbonyl (C=O) groups is 2. The van der Waals surface area contributed by atoms with Gasteiger partial charge in [0.2, 0.25) is 0 Å². The number of hydrogen-bond acceptors (Lipinski definition) is 4. The molecule has 1 aromatic rings. The molecule has 27 heavy (non-hydrogen) atoms. The smallest absolute Gasteiger partial charge is 0.278 e. The van der Waals surface area contributed by atoms with Gasteiger partial charge in [-0.15, -0.1) is 0 Å². The molecule has 1 aromatic carbocycles. The first-order valence-electron chi connectivity index (χ1n) is 9.52. The Labute approximate surface area is 161 Å². The highest BCUT2D eigenvalue weighted by Gasteiger charge is 2.26. The minimum Gasteiger partial charge on any atom is -0.493 e. The van der Waals surface area contributed by atoms with Gasteiger partial charge in [0.05, 0.1) is 20.8 Å². The predicted molar refractivity (Wildman–Crippen MR) is 103 cm³/mol. The molecule has 0 radical (unpaired) electrons. The number of likely N-dealkylation sites (N-methyl/N-ethyl adjacent to an activating group) is 1. The topological polar surface area (TPSA) is 72.3 Å². The highest BCUT2D eigenvalue weighted by molar-refractivity contribution is 5.79. The molecule has 2 amide bonds. The molecule has 1 aliphatic heterocycles. The number of carbonyl (C=O) groups excluding carboxylic acids is 2. The van der Waals surface area contributed by atoms with Crippen molar-refractivity contribution >= 4 is 11.8 Å². The highest BCUT2D eigenvalue weighted by Crippen LogP contribution is 2.33. The molecule has 7 nitrogen and oxygen atoms in total. The third-order valence-corrected chi connectivity index (χ3v) is 4.83. The first-order valence-corrected chi connectivity index (χ1v) is 9.52. The summed E-state index contributed by atoms with van der Waals surface area (Å²) < 4.78 is 10.7. The second-order valence-electron chi connectivity index (χ2n) is 7.22. The van der Waals surface area contributed by atoms with E-state index in [2.05, 4.69) is 5.32 Å². The van der Waals surface area contributed by atoms with Gasteiger partial charge in [-0.25, -0.2) is 0 Å². The van der Waals surface area contributed by atoms with Crippen LogP contribution in [0.5, 0.6) is 11.5 Å². The summed E-state index contributed by atoms with van der Waals surface area (Å²) in [6, 6.07) is 4.06. The average Bonchev–Trinajstić information content (AvgIpc) is 2.64. The fourth-order valence-electron chi connectivity index (χ4n) is 3.33. The summed E-state index contributed by atoms with van der Waals surface area (Å²) in [5.41, 5.74) is 2.27. The zero-order valence-corrected chi connectivity index (χ0v) is 17.1. The molecule has 1 aliphatic rings. The van der Waals surface area contributed by atoms with E-state index in [1.54, 1.807) is 14.2 Å². The molecule has 7 heteroatoms. The Morgan fingerprint density at radius 1 is 1.15 bits per heavy atom. The van der Waals surface area contributed by atoms with Gasteiger partial charge in [-0.2, -0.15) is 0 Å². The molecule has 1 heterocycles. The van der Waals surface area contributed by atoms with Gasteiger partial charge >= 0.3 is 0 Å². The molecule has 0 fully saturated rings. The third kappa shape index (κ3) is 5.60. The van der Waals surface area contributed by atoms with E-state index in [1.807, 2.05) is 37.8 Å². The van der Waals surface area contributed by atoms with Crippen molar-refractivity contribution in [2.45, 2.75) is 39.8 Å². The molecule has 0 spiro atoms. The van der Waals surface area contributed by atoms with E-state index >= 15 is 0 Å². The summed E-state index contributed by atoms with van der Waals surface area (Å²) in [6.45, 7) is 8.47. The molecule has 2 rings (SSSR count). The van der Waals surface area contributed by atoms with Crippen LogP contribution in [0.1, 0.15) is 31.9 Å². The van der Waals surface area contributed by atoms with Gasteiger partial charge in [-0.05, 0) is 50.5 Å². The zero-order chi connectivity index (χ0) is 20.0. The summed E-state index contributed by atoms with van der Waals surface area (Å²) in [5, 5.41) is 2.89. The lowest BCUT2D eigenvalue weighted by molar-refractivity contribution is -0.882. The van der Waals surface area contributed by atoms with E-state index in [9.17, 15) is 9.59 Å². The van der Waals surface area contributed by atoms with Gasteiger partial charge in [0, 0.05) is 19.1 Å². The highest BCUT2D eigenvalue weighted by atomic mass is 16.5. The van der Waals surface area contributed by atoms with Crippen LogP contribution in [0.25, 0.3) is 0 Å². The molecule has 150 valence electrons. The van der Waals surface area contributed by atoms with E-state index in [1.165, 1.54) is 5.56 Å². The van der Waals surface area contributed by atoms with E-state index in [0.717, 1.165) is 23.4 Å². The van der Waals surface area contributed by atoms with Crippen LogP contribution in [0.2, 0.25) is 0 Å². The molecule has 0 saturated carbocycles. The van der Waals surface area contributed by atoms with Crippen molar-refractivity contribution in [1.82, 2.24) is 10.2 Å². The monoisotopic (exact) mass is 378 g/mol. The zero-order valence-electron chi connectivity index (χ0n) is 17.1. The van der Waals surface area contributed by atoms with Gasteiger partial charge in [0.25, 0.3) is 11.8 Å². The predicted octanol–water partition coefficient (Wildman–Crippen LogP) is 0.0179. The maximum Gasteiger partial charge on any atom is 0.278 e. The van der Waals surface area contributed by atoms with E-state index in [4.69, 9.17) is 9.47 Å².